The van der Waals surface area contributed by atoms with Crippen molar-refractivity contribution in [3.8, 4) is 0 Å². The summed E-state index contributed by atoms with van der Waals surface area (Å²) in [5.41, 5.74) is 6.61. The Hall–Kier alpha value is -1.87. The van der Waals surface area contributed by atoms with Crippen molar-refractivity contribution >= 4 is 39.3 Å². The number of hydrogen-bond acceptors (Lipinski definition) is 4. The largest absolute Gasteiger partial charge is 0.291 e. The molecule has 0 aliphatic rings. The highest BCUT2D eigenvalue weighted by atomic mass is 79.9. The van der Waals surface area contributed by atoms with Crippen LogP contribution in [0.5, 0.6) is 0 Å². The van der Waals surface area contributed by atoms with E-state index in [1.165, 1.54) is 0 Å². The highest BCUT2D eigenvalue weighted by Gasteiger charge is 2.20. The second kappa shape index (κ2) is 8.01. The van der Waals surface area contributed by atoms with Gasteiger partial charge in [0.15, 0.2) is 5.69 Å². The van der Waals surface area contributed by atoms with E-state index in [2.05, 4.69) is 37.0 Å². The number of aromatic nitrogens is 4. The highest BCUT2D eigenvalue weighted by Crippen LogP contribution is 2.20. The van der Waals surface area contributed by atoms with Crippen LogP contribution in [-0.2, 0) is 17.9 Å². The molecule has 0 aliphatic heterocycles. The minimum Gasteiger partial charge on any atom is -0.273 e. The van der Waals surface area contributed by atoms with Gasteiger partial charge in [0.2, 0.25) is 5.91 Å². The van der Waals surface area contributed by atoms with Gasteiger partial charge in [-0.05, 0) is 36.7 Å². The molecule has 0 aliphatic carbocycles. The van der Waals surface area contributed by atoms with Gasteiger partial charge in [0.05, 0.1) is 27.7 Å². The van der Waals surface area contributed by atoms with Crippen molar-refractivity contribution < 1.29 is 9.59 Å². The molecule has 1 atom stereocenters. The van der Waals surface area contributed by atoms with E-state index in [1.807, 2.05) is 20.8 Å². The number of hydrogen-bond donors (Lipinski definition) is 2. The van der Waals surface area contributed by atoms with E-state index in [4.69, 9.17) is 11.6 Å². The standard InChI is InChI=1S/C15H20BrClN6O2/c1-5-22-7-11(17)13(21-22)15(25)19-18-14(24)8(2)6-23-10(4)12(16)9(3)20-23/h7-8H,5-6H2,1-4H3,(H,18,24)(H,19,25). The Morgan fingerprint density at radius 3 is 2.52 bits per heavy atom. The maximum absolute atomic E-state index is 12.2. The predicted molar refractivity (Wildman–Crippen MR) is 97.1 cm³/mol. The molecule has 1 unspecified atom stereocenters. The van der Waals surface area contributed by atoms with Crippen molar-refractivity contribution in [3.05, 3.63) is 32.8 Å². The van der Waals surface area contributed by atoms with Crippen LogP contribution in [0.1, 0.15) is 35.7 Å². The van der Waals surface area contributed by atoms with Crippen molar-refractivity contribution in [2.24, 2.45) is 5.92 Å². The summed E-state index contributed by atoms with van der Waals surface area (Å²) in [6.07, 6.45) is 1.56. The molecule has 0 bridgehead atoms. The maximum atomic E-state index is 12.2. The van der Waals surface area contributed by atoms with Gasteiger partial charge in [0.25, 0.3) is 5.91 Å². The zero-order valence-electron chi connectivity index (χ0n) is 14.4. The summed E-state index contributed by atoms with van der Waals surface area (Å²) in [7, 11) is 0. The third-order valence-corrected chi connectivity index (χ3v) is 5.17. The quantitative estimate of drug-likeness (QED) is 0.710. The summed E-state index contributed by atoms with van der Waals surface area (Å²) >= 11 is 9.42. The Morgan fingerprint density at radius 2 is 2.00 bits per heavy atom. The Kier molecular flexibility index (Phi) is 6.23. The van der Waals surface area contributed by atoms with Gasteiger partial charge in [-0.1, -0.05) is 18.5 Å². The SMILES string of the molecule is CCn1cc(Cl)c(C(=O)NNC(=O)C(C)Cn2nc(C)c(Br)c2C)n1. The average Bonchev–Trinajstić information content (AvgIpc) is 3.07. The van der Waals surface area contributed by atoms with E-state index in [0.717, 1.165) is 15.9 Å². The van der Waals surface area contributed by atoms with Crippen LogP contribution in [0.25, 0.3) is 0 Å². The second-order valence-corrected chi connectivity index (χ2v) is 6.89. The number of carbonyl (C=O) groups excluding carboxylic acids is 2. The summed E-state index contributed by atoms with van der Waals surface area (Å²) in [4.78, 5) is 24.3. The molecule has 136 valence electrons. The van der Waals surface area contributed by atoms with Gasteiger partial charge >= 0.3 is 0 Å². The fourth-order valence-corrected chi connectivity index (χ4v) is 2.73. The van der Waals surface area contributed by atoms with Crippen LogP contribution >= 0.6 is 27.5 Å². The van der Waals surface area contributed by atoms with Crippen LogP contribution in [0, 0.1) is 19.8 Å². The highest BCUT2D eigenvalue weighted by molar-refractivity contribution is 9.10. The van der Waals surface area contributed by atoms with E-state index < -0.39 is 11.8 Å². The number of amides is 2. The third-order valence-electron chi connectivity index (χ3n) is 3.74. The molecule has 2 heterocycles. The molecule has 0 aromatic carbocycles. The molecular weight excluding hydrogens is 412 g/mol. The molecule has 2 amide bonds. The minimum atomic E-state index is -0.563. The summed E-state index contributed by atoms with van der Waals surface area (Å²) in [6, 6.07) is 0. The predicted octanol–water partition coefficient (Wildman–Crippen LogP) is 2.23. The average molecular weight is 432 g/mol. The molecular formula is C15H20BrClN6O2. The fourth-order valence-electron chi connectivity index (χ4n) is 2.21. The molecule has 2 N–H and O–H groups in total. The number of hydrazine groups is 1. The Bertz CT molecular complexity index is 800. The van der Waals surface area contributed by atoms with Crippen LogP contribution < -0.4 is 10.9 Å². The first-order valence-corrected chi connectivity index (χ1v) is 8.94. The fraction of sp³-hybridized carbons (Fsp3) is 0.467. The number of carbonyl (C=O) groups is 2. The normalized spacial score (nSPS) is 12.1. The minimum absolute atomic E-state index is 0.0685. The smallest absolute Gasteiger partial charge is 0.273 e. The first kappa shape index (κ1) is 19.5. The van der Waals surface area contributed by atoms with E-state index in [0.29, 0.717) is 13.1 Å². The number of rotatable bonds is 5. The second-order valence-electron chi connectivity index (χ2n) is 5.69. The van der Waals surface area contributed by atoms with Gasteiger partial charge in [-0.3, -0.25) is 29.8 Å². The van der Waals surface area contributed by atoms with E-state index in [-0.39, 0.29) is 16.6 Å². The van der Waals surface area contributed by atoms with Crippen LogP contribution in [0.15, 0.2) is 10.7 Å². The van der Waals surface area contributed by atoms with Crippen molar-refractivity contribution in [2.75, 3.05) is 0 Å². The topological polar surface area (TPSA) is 93.8 Å². The summed E-state index contributed by atoms with van der Waals surface area (Å²) < 4.78 is 4.22. The summed E-state index contributed by atoms with van der Waals surface area (Å²) in [5, 5.41) is 8.65. The van der Waals surface area contributed by atoms with Crippen molar-refractivity contribution in [2.45, 2.75) is 40.8 Å². The maximum Gasteiger partial charge on any atom is 0.291 e. The molecule has 2 aromatic heterocycles. The van der Waals surface area contributed by atoms with Gasteiger partial charge < -0.3 is 0 Å². The number of nitrogens with one attached hydrogen (secondary N) is 2. The summed E-state index contributed by atoms with van der Waals surface area (Å²) in [6.45, 7) is 8.43. The van der Waals surface area contributed by atoms with Crippen molar-refractivity contribution in [1.29, 1.82) is 0 Å². The first-order valence-electron chi connectivity index (χ1n) is 7.77. The number of halogens is 2. The lowest BCUT2D eigenvalue weighted by Crippen LogP contribution is -2.45. The molecule has 2 rings (SSSR count). The van der Waals surface area contributed by atoms with Gasteiger partial charge in [0, 0.05) is 18.4 Å². The molecule has 25 heavy (non-hydrogen) atoms. The van der Waals surface area contributed by atoms with Crippen LogP contribution in [-0.4, -0.2) is 31.4 Å². The van der Waals surface area contributed by atoms with Crippen LogP contribution in [0.3, 0.4) is 0 Å². The lowest BCUT2D eigenvalue weighted by atomic mass is 10.1. The molecule has 10 heteroatoms. The van der Waals surface area contributed by atoms with E-state index in [1.54, 1.807) is 22.5 Å². The van der Waals surface area contributed by atoms with Gasteiger partial charge in [-0.15, -0.1) is 0 Å². The zero-order valence-corrected chi connectivity index (χ0v) is 16.8. The molecule has 0 spiro atoms. The van der Waals surface area contributed by atoms with Gasteiger partial charge in [0.1, 0.15) is 0 Å². The number of aryl methyl sites for hydroxylation is 2. The Morgan fingerprint density at radius 1 is 1.32 bits per heavy atom. The lowest BCUT2D eigenvalue weighted by molar-refractivity contribution is -0.125. The molecule has 2 aromatic rings. The van der Waals surface area contributed by atoms with Crippen molar-refractivity contribution in [3.63, 3.8) is 0 Å². The molecule has 0 fully saturated rings. The zero-order chi connectivity index (χ0) is 18.7. The van der Waals surface area contributed by atoms with Crippen LogP contribution in [0.4, 0.5) is 0 Å². The monoisotopic (exact) mass is 430 g/mol. The lowest BCUT2D eigenvalue weighted by Gasteiger charge is -2.13. The number of nitrogens with zero attached hydrogens (tertiary/aromatic N) is 4. The Balaban J connectivity index is 1.93. The molecule has 0 saturated carbocycles. The first-order chi connectivity index (χ1) is 11.7. The molecule has 8 nitrogen and oxygen atoms in total. The van der Waals surface area contributed by atoms with E-state index >= 15 is 0 Å². The van der Waals surface area contributed by atoms with Gasteiger partial charge in [-0.2, -0.15) is 10.2 Å². The van der Waals surface area contributed by atoms with Crippen molar-refractivity contribution in [1.82, 2.24) is 30.4 Å². The third kappa shape index (κ3) is 4.40. The van der Waals surface area contributed by atoms with E-state index in [9.17, 15) is 9.59 Å². The van der Waals surface area contributed by atoms with Gasteiger partial charge in [-0.25, -0.2) is 0 Å². The molecule has 0 radical (unpaired) electrons. The Labute approximate surface area is 159 Å². The summed E-state index contributed by atoms with van der Waals surface area (Å²) in [5.74, 6) is -1.29. The van der Waals surface area contributed by atoms with Crippen LogP contribution in [0.2, 0.25) is 5.02 Å². The molecule has 0 saturated heterocycles.